The van der Waals surface area contributed by atoms with E-state index in [1.54, 1.807) is 0 Å². The maximum absolute atomic E-state index is 4.39. The van der Waals surface area contributed by atoms with E-state index in [0.29, 0.717) is 5.92 Å². The van der Waals surface area contributed by atoms with Crippen LogP contribution in [-0.4, -0.2) is 12.4 Å². The van der Waals surface area contributed by atoms with Gasteiger partial charge in [-0.3, -0.25) is 4.99 Å². The molecule has 0 aromatic carbocycles. The number of amidine groups is 1. The average molecular weight is 210 g/mol. The Morgan fingerprint density at radius 2 is 2.07 bits per heavy atom. The highest BCUT2D eigenvalue weighted by Crippen LogP contribution is 2.18. The molecular weight excluding hydrogens is 184 g/mol. The lowest BCUT2D eigenvalue weighted by atomic mass is 9.99. The fraction of sp³-hybridized carbons (Fsp3) is 0.615. The molecule has 0 saturated carbocycles. The van der Waals surface area contributed by atoms with E-state index < -0.39 is 0 Å². The number of aliphatic imine (C=N–C) groups is 1. The van der Waals surface area contributed by atoms with Crippen molar-refractivity contribution in [3.63, 3.8) is 0 Å². The summed E-state index contributed by atoms with van der Waals surface area (Å²) in [5, 5.41) is 3.15. The van der Waals surface area contributed by atoms with Crippen LogP contribution in [0.25, 0.3) is 0 Å². The number of hydrogen-bond acceptors (Lipinski definition) is 1. The first-order valence-electron chi connectivity index (χ1n) is 5.85. The Labute approximate surface area is 95.7 Å². The van der Waals surface area contributed by atoms with Gasteiger partial charge in [0.2, 0.25) is 0 Å². The van der Waals surface area contributed by atoms with Crippen LogP contribution >= 0.6 is 0 Å². The summed E-state index contributed by atoms with van der Waals surface area (Å²) in [5.74, 6) is 1.61. The molecule has 1 heterocycles. The van der Waals surface area contributed by atoms with Crippen molar-refractivity contribution in [2.24, 2.45) is 10.9 Å². The van der Waals surface area contributed by atoms with Crippen molar-refractivity contribution in [2.45, 2.75) is 41.5 Å². The van der Waals surface area contributed by atoms with Crippen molar-refractivity contribution in [2.75, 3.05) is 6.54 Å². The number of nitrogens with one attached hydrogen (secondary N) is 1. The SMILES string of the molecule is CC.CCN=C1NC=C/C1=C(/C)C(C)C.[HH]. The molecule has 0 aromatic rings. The van der Waals surface area contributed by atoms with Crippen molar-refractivity contribution in [3.8, 4) is 0 Å². The number of hydrogen-bond donors (Lipinski definition) is 1. The van der Waals surface area contributed by atoms with Crippen molar-refractivity contribution in [1.29, 1.82) is 0 Å². The molecule has 0 spiro atoms. The molecule has 0 saturated heterocycles. The summed E-state index contributed by atoms with van der Waals surface area (Å²) in [5.41, 5.74) is 2.66. The zero-order valence-corrected chi connectivity index (χ0v) is 10.9. The van der Waals surface area contributed by atoms with Gasteiger partial charge in [0.1, 0.15) is 5.84 Å². The Bertz CT molecular complexity index is 276. The molecule has 0 aromatic heterocycles. The zero-order valence-electron chi connectivity index (χ0n) is 10.9. The lowest BCUT2D eigenvalue weighted by molar-refractivity contribution is 0.765. The quantitative estimate of drug-likeness (QED) is 0.737. The van der Waals surface area contributed by atoms with Crippen LogP contribution in [0.3, 0.4) is 0 Å². The maximum atomic E-state index is 4.39. The topological polar surface area (TPSA) is 24.4 Å². The third-order valence-electron chi connectivity index (χ3n) is 2.33. The van der Waals surface area contributed by atoms with E-state index in [0.717, 1.165) is 12.4 Å². The largest absolute Gasteiger partial charge is 0.346 e. The molecule has 15 heavy (non-hydrogen) atoms. The van der Waals surface area contributed by atoms with E-state index >= 15 is 0 Å². The van der Waals surface area contributed by atoms with Crippen LogP contribution in [-0.2, 0) is 0 Å². The molecule has 0 atom stereocenters. The molecule has 2 nitrogen and oxygen atoms in total. The highest BCUT2D eigenvalue weighted by Gasteiger charge is 2.12. The molecule has 0 bridgehead atoms. The van der Waals surface area contributed by atoms with Gasteiger partial charge < -0.3 is 5.32 Å². The lowest BCUT2D eigenvalue weighted by Gasteiger charge is -2.09. The maximum Gasteiger partial charge on any atom is 0.132 e. The fourth-order valence-corrected chi connectivity index (χ4v) is 1.28. The Morgan fingerprint density at radius 1 is 1.47 bits per heavy atom. The summed E-state index contributed by atoms with van der Waals surface area (Å²) in [4.78, 5) is 4.39. The molecule has 1 aliphatic rings. The molecule has 1 aliphatic heterocycles. The van der Waals surface area contributed by atoms with Gasteiger partial charge in [-0.25, -0.2) is 0 Å². The first kappa shape index (κ1) is 13.9. The molecular formula is C13H26N2. The summed E-state index contributed by atoms with van der Waals surface area (Å²) in [7, 11) is 0. The average Bonchev–Trinajstić information content (AvgIpc) is 2.68. The normalized spacial score (nSPS) is 20.1. The third-order valence-corrected chi connectivity index (χ3v) is 2.33. The first-order chi connectivity index (χ1) is 7.16. The first-order valence-corrected chi connectivity index (χ1v) is 5.85. The van der Waals surface area contributed by atoms with Crippen molar-refractivity contribution >= 4 is 5.84 Å². The molecule has 2 heteroatoms. The lowest BCUT2D eigenvalue weighted by Crippen LogP contribution is -2.15. The Kier molecular flexibility index (Phi) is 6.76. The predicted molar refractivity (Wildman–Crippen MR) is 71.3 cm³/mol. The van der Waals surface area contributed by atoms with E-state index in [4.69, 9.17) is 0 Å². The number of allylic oxidation sites excluding steroid dienone is 1. The standard InChI is InChI=1S/C11H18N2.C2H6.H2/c1-5-12-11-10(6-7-13-11)9(4)8(2)3;1-2;/h6-8H,5H2,1-4H3,(H,12,13);1-2H3;1H/b10-9+;;. The number of rotatable bonds is 2. The van der Waals surface area contributed by atoms with Crippen molar-refractivity contribution < 1.29 is 1.43 Å². The van der Waals surface area contributed by atoms with Gasteiger partial charge in [-0.1, -0.05) is 33.3 Å². The van der Waals surface area contributed by atoms with Gasteiger partial charge in [-0.2, -0.15) is 0 Å². The molecule has 0 aliphatic carbocycles. The van der Waals surface area contributed by atoms with Gasteiger partial charge in [0, 0.05) is 19.7 Å². The van der Waals surface area contributed by atoms with Gasteiger partial charge in [0.25, 0.3) is 0 Å². The zero-order chi connectivity index (χ0) is 11.8. The predicted octanol–water partition coefficient (Wildman–Crippen LogP) is 3.77. The van der Waals surface area contributed by atoms with Gasteiger partial charge in [0.15, 0.2) is 0 Å². The van der Waals surface area contributed by atoms with Crippen LogP contribution in [0.1, 0.15) is 43.0 Å². The molecule has 88 valence electrons. The van der Waals surface area contributed by atoms with E-state index in [1.807, 2.05) is 20.0 Å². The molecule has 0 radical (unpaired) electrons. The van der Waals surface area contributed by atoms with Gasteiger partial charge in [-0.15, -0.1) is 0 Å². The third kappa shape index (κ3) is 3.90. The minimum atomic E-state index is 0. The van der Waals surface area contributed by atoms with E-state index in [-0.39, 0.29) is 1.43 Å². The van der Waals surface area contributed by atoms with Crippen LogP contribution in [0.15, 0.2) is 28.4 Å². The molecule has 1 rings (SSSR count). The molecule has 1 N–H and O–H groups in total. The minimum Gasteiger partial charge on any atom is -0.346 e. The Balaban J connectivity index is 0. The molecule has 0 unspecified atom stereocenters. The van der Waals surface area contributed by atoms with Crippen LogP contribution in [0.4, 0.5) is 0 Å². The van der Waals surface area contributed by atoms with Crippen LogP contribution in [0.5, 0.6) is 0 Å². The Hall–Kier alpha value is -1.05. The van der Waals surface area contributed by atoms with Crippen LogP contribution in [0.2, 0.25) is 0 Å². The highest BCUT2D eigenvalue weighted by molar-refractivity contribution is 6.04. The summed E-state index contributed by atoms with van der Waals surface area (Å²) < 4.78 is 0. The van der Waals surface area contributed by atoms with E-state index in [9.17, 15) is 0 Å². The smallest absolute Gasteiger partial charge is 0.132 e. The van der Waals surface area contributed by atoms with Gasteiger partial charge >= 0.3 is 0 Å². The highest BCUT2D eigenvalue weighted by atomic mass is 15.0. The Morgan fingerprint density at radius 3 is 2.53 bits per heavy atom. The second kappa shape index (κ2) is 7.27. The second-order valence-corrected chi connectivity index (χ2v) is 3.55. The van der Waals surface area contributed by atoms with Crippen LogP contribution in [0, 0.1) is 5.92 Å². The summed E-state index contributed by atoms with van der Waals surface area (Å²) >= 11 is 0. The van der Waals surface area contributed by atoms with Crippen molar-refractivity contribution in [3.05, 3.63) is 23.4 Å². The summed E-state index contributed by atoms with van der Waals surface area (Å²) in [6.07, 6.45) is 4.06. The van der Waals surface area contributed by atoms with Gasteiger partial charge in [-0.05, 0) is 25.8 Å². The summed E-state index contributed by atoms with van der Waals surface area (Å²) in [6, 6.07) is 0. The van der Waals surface area contributed by atoms with E-state index in [1.165, 1.54) is 11.1 Å². The number of nitrogens with zero attached hydrogens (tertiary/aromatic N) is 1. The molecule has 0 fully saturated rings. The summed E-state index contributed by atoms with van der Waals surface area (Å²) in [6.45, 7) is 13.5. The molecule has 0 amide bonds. The fourth-order valence-electron chi connectivity index (χ4n) is 1.28. The second-order valence-electron chi connectivity index (χ2n) is 3.55. The minimum absolute atomic E-state index is 0. The van der Waals surface area contributed by atoms with Gasteiger partial charge in [0.05, 0.1) is 0 Å². The van der Waals surface area contributed by atoms with Crippen molar-refractivity contribution in [1.82, 2.24) is 5.32 Å². The monoisotopic (exact) mass is 210 g/mol. The van der Waals surface area contributed by atoms with Crippen LogP contribution < -0.4 is 5.32 Å². The van der Waals surface area contributed by atoms with E-state index in [2.05, 4.69) is 44.1 Å².